The van der Waals surface area contributed by atoms with Gasteiger partial charge in [0, 0.05) is 0 Å². The number of hydrogen-bond acceptors (Lipinski definition) is 4. The van der Waals surface area contributed by atoms with Crippen LogP contribution in [-0.4, -0.2) is 19.2 Å². The Hall–Kier alpha value is -2.49. The van der Waals surface area contributed by atoms with Crippen molar-refractivity contribution < 1.29 is 19.0 Å². The Balaban J connectivity index is 2.51. The fourth-order valence-electron chi connectivity index (χ4n) is 1.53. The molecule has 0 spiro atoms. The topological polar surface area (TPSA) is 44.8 Å². The molecule has 0 bridgehead atoms. The van der Waals surface area contributed by atoms with Crippen LogP contribution in [-0.2, 0) is 9.47 Å². The highest BCUT2D eigenvalue weighted by Gasteiger charge is 2.08. The summed E-state index contributed by atoms with van der Waals surface area (Å²) in [6.07, 6.45) is 4.06. The molecular weight excluding hydrogens is 280 g/mol. The van der Waals surface area contributed by atoms with Gasteiger partial charge in [-0.15, -0.1) is 0 Å². The number of carbonyl (C=O) groups excluding carboxylic acids is 1. The number of allylic oxidation sites excluding steroid dienone is 2. The summed E-state index contributed by atoms with van der Waals surface area (Å²) in [6, 6.07) is 6.74. The molecule has 0 radical (unpaired) electrons. The van der Waals surface area contributed by atoms with Crippen molar-refractivity contribution in [2.45, 2.75) is 20.3 Å². The molecule has 0 aliphatic carbocycles. The molecule has 0 amide bonds. The number of hydrogen-bond donors (Lipinski definition) is 0. The van der Waals surface area contributed by atoms with E-state index < -0.39 is 5.97 Å². The van der Waals surface area contributed by atoms with Gasteiger partial charge in [-0.2, -0.15) is 0 Å². The van der Waals surface area contributed by atoms with Gasteiger partial charge in [-0.05, 0) is 49.8 Å². The maximum Gasteiger partial charge on any atom is 0.343 e. The summed E-state index contributed by atoms with van der Waals surface area (Å²) in [5.74, 6) is 0.959. The highest BCUT2D eigenvalue weighted by atomic mass is 16.5. The first-order chi connectivity index (χ1) is 10.6. The van der Waals surface area contributed by atoms with E-state index in [2.05, 4.69) is 13.2 Å². The molecule has 0 atom stereocenters. The van der Waals surface area contributed by atoms with E-state index in [9.17, 15) is 4.79 Å². The quantitative estimate of drug-likeness (QED) is 0.388. The molecule has 0 aromatic heterocycles. The van der Waals surface area contributed by atoms with Crippen molar-refractivity contribution in [2.24, 2.45) is 0 Å². The summed E-state index contributed by atoms with van der Waals surface area (Å²) in [5, 5.41) is 0. The summed E-state index contributed by atoms with van der Waals surface area (Å²) in [6.45, 7) is 12.5. The van der Waals surface area contributed by atoms with Crippen LogP contribution >= 0.6 is 0 Å². The molecule has 0 saturated heterocycles. The van der Waals surface area contributed by atoms with E-state index in [0.717, 1.165) is 6.42 Å². The fourth-order valence-corrected chi connectivity index (χ4v) is 1.53. The molecule has 0 aliphatic heterocycles. The Morgan fingerprint density at radius 2 is 1.73 bits per heavy atom. The lowest BCUT2D eigenvalue weighted by Gasteiger charge is -2.06. The fraction of sp³-hybridized carbons (Fsp3) is 0.278. The minimum Gasteiger partial charge on any atom is -0.494 e. The van der Waals surface area contributed by atoms with Crippen molar-refractivity contribution >= 4 is 5.97 Å². The van der Waals surface area contributed by atoms with Crippen molar-refractivity contribution in [3.05, 3.63) is 66.7 Å². The van der Waals surface area contributed by atoms with E-state index in [-0.39, 0.29) is 5.76 Å². The highest BCUT2D eigenvalue weighted by molar-refractivity contribution is 5.90. The van der Waals surface area contributed by atoms with Gasteiger partial charge in [-0.1, -0.05) is 20.1 Å². The minimum atomic E-state index is -0.474. The average Bonchev–Trinajstić information content (AvgIpc) is 2.52. The van der Waals surface area contributed by atoms with Gasteiger partial charge in [0.15, 0.2) is 0 Å². The third-order valence-corrected chi connectivity index (χ3v) is 2.57. The van der Waals surface area contributed by atoms with Crippen molar-refractivity contribution in [3.63, 3.8) is 0 Å². The SMILES string of the molecule is C=C(/C=C\C(=C)OC(=O)c1ccc(OCC)cc1)OCCC. The number of benzene rings is 1. The predicted molar refractivity (Wildman–Crippen MR) is 86.7 cm³/mol. The second-order valence-electron chi connectivity index (χ2n) is 4.46. The molecule has 118 valence electrons. The van der Waals surface area contributed by atoms with Crippen LogP contribution in [0, 0.1) is 0 Å². The molecule has 0 unspecified atom stereocenters. The van der Waals surface area contributed by atoms with Crippen LogP contribution in [0.1, 0.15) is 30.6 Å². The Morgan fingerprint density at radius 3 is 2.32 bits per heavy atom. The summed E-state index contributed by atoms with van der Waals surface area (Å²) >= 11 is 0. The highest BCUT2D eigenvalue weighted by Crippen LogP contribution is 2.14. The zero-order valence-electron chi connectivity index (χ0n) is 13.1. The molecule has 1 aromatic carbocycles. The lowest BCUT2D eigenvalue weighted by atomic mass is 10.2. The predicted octanol–water partition coefficient (Wildman–Crippen LogP) is 4.25. The molecule has 0 fully saturated rings. The number of rotatable bonds is 9. The molecular formula is C18H22O4. The van der Waals surface area contributed by atoms with Gasteiger partial charge in [-0.25, -0.2) is 4.79 Å². The molecule has 0 N–H and O–H groups in total. The van der Waals surface area contributed by atoms with Crippen LogP contribution < -0.4 is 4.74 Å². The van der Waals surface area contributed by atoms with Crippen LogP contribution in [0.15, 0.2) is 61.1 Å². The van der Waals surface area contributed by atoms with E-state index in [0.29, 0.717) is 30.3 Å². The van der Waals surface area contributed by atoms with Gasteiger partial charge in [0.2, 0.25) is 0 Å². The maximum absolute atomic E-state index is 11.9. The summed E-state index contributed by atoms with van der Waals surface area (Å²) in [5.41, 5.74) is 0.430. The smallest absolute Gasteiger partial charge is 0.343 e. The molecule has 1 aromatic rings. The Bertz CT molecular complexity index is 541. The van der Waals surface area contributed by atoms with Crippen molar-refractivity contribution in [1.29, 1.82) is 0 Å². The van der Waals surface area contributed by atoms with E-state index in [1.807, 2.05) is 13.8 Å². The van der Waals surface area contributed by atoms with Crippen LogP contribution in [0.25, 0.3) is 0 Å². The molecule has 4 heteroatoms. The van der Waals surface area contributed by atoms with Gasteiger partial charge >= 0.3 is 5.97 Å². The second-order valence-corrected chi connectivity index (χ2v) is 4.46. The standard InChI is InChI=1S/C18H22O4/c1-5-13-21-14(3)7-8-15(4)22-18(19)16-9-11-17(12-10-16)20-6-2/h7-12H,3-6,13H2,1-2H3/b8-7-. The van der Waals surface area contributed by atoms with Gasteiger partial charge < -0.3 is 14.2 Å². The van der Waals surface area contributed by atoms with Gasteiger partial charge in [0.25, 0.3) is 0 Å². The van der Waals surface area contributed by atoms with E-state index in [4.69, 9.17) is 14.2 Å². The lowest BCUT2D eigenvalue weighted by molar-refractivity contribution is 0.0638. The zero-order valence-corrected chi connectivity index (χ0v) is 13.1. The first-order valence-corrected chi connectivity index (χ1v) is 7.20. The molecule has 0 aliphatic rings. The molecule has 0 saturated carbocycles. The first kappa shape index (κ1) is 17.6. The molecule has 1 rings (SSSR count). The maximum atomic E-state index is 11.9. The van der Waals surface area contributed by atoms with E-state index in [1.165, 1.54) is 0 Å². The largest absolute Gasteiger partial charge is 0.494 e. The van der Waals surface area contributed by atoms with Crippen LogP contribution in [0.4, 0.5) is 0 Å². The van der Waals surface area contributed by atoms with Crippen molar-refractivity contribution in [2.75, 3.05) is 13.2 Å². The number of carbonyl (C=O) groups is 1. The van der Waals surface area contributed by atoms with Gasteiger partial charge in [0.1, 0.15) is 17.3 Å². The minimum absolute atomic E-state index is 0.222. The monoisotopic (exact) mass is 302 g/mol. The summed E-state index contributed by atoms with van der Waals surface area (Å²) < 4.78 is 15.7. The Morgan fingerprint density at radius 1 is 1.09 bits per heavy atom. The van der Waals surface area contributed by atoms with Gasteiger partial charge in [-0.3, -0.25) is 0 Å². The lowest BCUT2D eigenvalue weighted by Crippen LogP contribution is -2.03. The summed E-state index contributed by atoms with van der Waals surface area (Å²) in [7, 11) is 0. The third-order valence-electron chi connectivity index (χ3n) is 2.57. The Labute approximate surface area is 131 Å². The Kier molecular flexibility index (Phi) is 7.54. The van der Waals surface area contributed by atoms with Crippen molar-refractivity contribution in [3.8, 4) is 5.75 Å². The van der Waals surface area contributed by atoms with E-state index in [1.54, 1.807) is 36.4 Å². The first-order valence-electron chi connectivity index (χ1n) is 7.20. The number of ether oxygens (including phenoxy) is 3. The summed E-state index contributed by atoms with van der Waals surface area (Å²) in [4.78, 5) is 11.9. The average molecular weight is 302 g/mol. The normalized spacial score (nSPS) is 10.3. The van der Waals surface area contributed by atoms with Crippen molar-refractivity contribution in [1.82, 2.24) is 0 Å². The van der Waals surface area contributed by atoms with Gasteiger partial charge in [0.05, 0.1) is 18.8 Å². The molecule has 0 heterocycles. The zero-order chi connectivity index (χ0) is 16.4. The molecule has 4 nitrogen and oxygen atoms in total. The number of esters is 1. The van der Waals surface area contributed by atoms with Crippen LogP contribution in [0.3, 0.4) is 0 Å². The second kappa shape index (κ2) is 9.45. The molecule has 22 heavy (non-hydrogen) atoms. The van der Waals surface area contributed by atoms with Crippen LogP contribution in [0.5, 0.6) is 5.75 Å². The third kappa shape index (κ3) is 6.31. The van der Waals surface area contributed by atoms with Crippen LogP contribution in [0.2, 0.25) is 0 Å². The van der Waals surface area contributed by atoms with E-state index >= 15 is 0 Å².